The second kappa shape index (κ2) is 8.81. The van der Waals surface area contributed by atoms with E-state index in [9.17, 15) is 4.79 Å². The Labute approximate surface area is 200 Å². The summed E-state index contributed by atoms with van der Waals surface area (Å²) in [5.41, 5.74) is 2.83. The molecule has 1 aliphatic heterocycles. The van der Waals surface area contributed by atoms with Gasteiger partial charge in [-0.3, -0.25) is 13.9 Å². The molecule has 34 heavy (non-hydrogen) atoms. The van der Waals surface area contributed by atoms with Gasteiger partial charge in [0.05, 0.1) is 31.2 Å². The lowest BCUT2D eigenvalue weighted by Gasteiger charge is -2.33. The fourth-order valence-electron chi connectivity index (χ4n) is 4.29. The van der Waals surface area contributed by atoms with E-state index < -0.39 is 5.82 Å². The third-order valence-electron chi connectivity index (χ3n) is 6.13. The molecule has 5 rings (SSSR count). The number of anilines is 1. The molecule has 8 nitrogen and oxygen atoms in total. The highest BCUT2D eigenvalue weighted by Gasteiger charge is 2.26. The Hall–Kier alpha value is -3.30. The molecule has 4 aromatic rings. The van der Waals surface area contributed by atoms with Crippen LogP contribution in [0.3, 0.4) is 0 Å². The monoisotopic (exact) mass is 482 g/mol. The van der Waals surface area contributed by atoms with Crippen molar-refractivity contribution in [3.63, 3.8) is 0 Å². The second-order valence-corrected chi connectivity index (χ2v) is 8.80. The fraction of sp³-hybridized carbons (Fsp3) is 0.333. The van der Waals surface area contributed by atoms with Crippen LogP contribution in [0.4, 0.5) is 10.2 Å². The first-order chi connectivity index (χ1) is 16.4. The van der Waals surface area contributed by atoms with Crippen LogP contribution in [0.5, 0.6) is 0 Å². The predicted molar refractivity (Wildman–Crippen MR) is 128 cm³/mol. The SMILES string of the molecule is CCc1nc2c(-c3ccc(Cl)cc3F)nc(N3CCO[C@@H](c4cnn(C)c4)C3)cn2c(=O)c1C. The molecule has 0 amide bonds. The Kier molecular flexibility index (Phi) is 5.83. The van der Waals surface area contributed by atoms with Gasteiger partial charge in [0, 0.05) is 41.5 Å². The van der Waals surface area contributed by atoms with Crippen molar-refractivity contribution in [3.8, 4) is 11.3 Å². The summed E-state index contributed by atoms with van der Waals surface area (Å²) in [7, 11) is 1.86. The summed E-state index contributed by atoms with van der Waals surface area (Å²) >= 11 is 5.99. The minimum absolute atomic E-state index is 0.196. The van der Waals surface area contributed by atoms with E-state index in [2.05, 4.69) is 5.10 Å². The molecule has 0 unspecified atom stereocenters. The number of benzene rings is 1. The number of morpholine rings is 1. The van der Waals surface area contributed by atoms with Gasteiger partial charge in [0.15, 0.2) is 5.65 Å². The van der Waals surface area contributed by atoms with Gasteiger partial charge in [-0.25, -0.2) is 14.4 Å². The van der Waals surface area contributed by atoms with E-state index in [1.54, 1.807) is 36.1 Å². The summed E-state index contributed by atoms with van der Waals surface area (Å²) in [6.45, 7) is 5.26. The van der Waals surface area contributed by atoms with Gasteiger partial charge in [-0.1, -0.05) is 18.5 Å². The molecule has 1 aliphatic rings. The Morgan fingerprint density at radius 3 is 2.79 bits per heavy atom. The normalized spacial score (nSPS) is 16.4. The number of fused-ring (bicyclic) bond motifs is 1. The molecule has 0 aliphatic carbocycles. The molecule has 0 radical (unpaired) electrons. The van der Waals surface area contributed by atoms with Crippen LogP contribution in [0.1, 0.15) is 29.8 Å². The number of hydrogen-bond donors (Lipinski definition) is 0. The van der Waals surface area contributed by atoms with Crippen LogP contribution < -0.4 is 10.5 Å². The van der Waals surface area contributed by atoms with Crippen LogP contribution in [0.25, 0.3) is 16.9 Å². The number of aromatic nitrogens is 5. The van der Waals surface area contributed by atoms with Crippen LogP contribution in [0, 0.1) is 12.7 Å². The lowest BCUT2D eigenvalue weighted by molar-refractivity contribution is 0.0394. The molecule has 0 N–H and O–H groups in total. The van der Waals surface area contributed by atoms with Gasteiger partial charge in [0.2, 0.25) is 0 Å². The quantitative estimate of drug-likeness (QED) is 0.441. The molecule has 10 heteroatoms. The highest BCUT2D eigenvalue weighted by atomic mass is 35.5. The summed E-state index contributed by atoms with van der Waals surface area (Å²) in [6.07, 6.45) is 5.76. The van der Waals surface area contributed by atoms with Crippen LogP contribution in [-0.2, 0) is 18.2 Å². The van der Waals surface area contributed by atoms with Crippen LogP contribution in [0.2, 0.25) is 5.02 Å². The van der Waals surface area contributed by atoms with Crippen molar-refractivity contribution in [2.24, 2.45) is 7.05 Å². The summed E-state index contributed by atoms with van der Waals surface area (Å²) < 4.78 is 24.2. The van der Waals surface area contributed by atoms with Crippen molar-refractivity contribution >= 4 is 23.1 Å². The largest absolute Gasteiger partial charge is 0.370 e. The summed E-state index contributed by atoms with van der Waals surface area (Å²) in [6, 6.07) is 4.41. The number of halogens is 2. The van der Waals surface area contributed by atoms with Crippen molar-refractivity contribution < 1.29 is 9.13 Å². The highest BCUT2D eigenvalue weighted by Crippen LogP contribution is 2.31. The van der Waals surface area contributed by atoms with E-state index in [0.29, 0.717) is 54.5 Å². The summed E-state index contributed by atoms with van der Waals surface area (Å²) in [4.78, 5) is 24.8. The Balaban J connectivity index is 1.68. The van der Waals surface area contributed by atoms with E-state index in [4.69, 9.17) is 26.3 Å². The molecule has 3 aromatic heterocycles. The van der Waals surface area contributed by atoms with Crippen molar-refractivity contribution in [1.29, 1.82) is 0 Å². The van der Waals surface area contributed by atoms with Crippen LogP contribution in [-0.4, -0.2) is 43.8 Å². The van der Waals surface area contributed by atoms with Gasteiger partial charge in [-0.15, -0.1) is 0 Å². The zero-order chi connectivity index (χ0) is 24.0. The first-order valence-electron chi connectivity index (χ1n) is 11.1. The molecule has 0 bridgehead atoms. The number of aryl methyl sites for hydroxylation is 2. The van der Waals surface area contributed by atoms with E-state index >= 15 is 4.39 Å². The summed E-state index contributed by atoms with van der Waals surface area (Å²) in [5, 5.41) is 4.52. The maximum Gasteiger partial charge on any atom is 0.261 e. The van der Waals surface area contributed by atoms with Gasteiger partial charge in [0.25, 0.3) is 5.56 Å². The topological polar surface area (TPSA) is 77.6 Å². The van der Waals surface area contributed by atoms with E-state index in [-0.39, 0.29) is 22.2 Å². The third-order valence-corrected chi connectivity index (χ3v) is 6.37. The van der Waals surface area contributed by atoms with Gasteiger partial charge < -0.3 is 9.64 Å². The minimum atomic E-state index is -0.526. The first kappa shape index (κ1) is 22.5. The molecular weight excluding hydrogens is 459 g/mol. The number of rotatable bonds is 4. The fourth-order valence-corrected chi connectivity index (χ4v) is 4.44. The minimum Gasteiger partial charge on any atom is -0.370 e. The lowest BCUT2D eigenvalue weighted by Crippen LogP contribution is -2.39. The molecule has 1 fully saturated rings. The Morgan fingerprint density at radius 1 is 1.26 bits per heavy atom. The van der Waals surface area contributed by atoms with Gasteiger partial charge in [-0.2, -0.15) is 5.10 Å². The molecule has 0 saturated carbocycles. The average Bonchev–Trinajstić information content (AvgIpc) is 3.27. The van der Waals surface area contributed by atoms with E-state index in [0.717, 1.165) is 5.56 Å². The van der Waals surface area contributed by atoms with Crippen LogP contribution in [0.15, 0.2) is 41.6 Å². The molecule has 4 heterocycles. The Bertz CT molecular complexity index is 1450. The van der Waals surface area contributed by atoms with E-state index in [1.807, 2.05) is 25.1 Å². The Morgan fingerprint density at radius 2 is 2.09 bits per heavy atom. The molecule has 1 aromatic carbocycles. The molecule has 0 spiro atoms. The average molecular weight is 483 g/mol. The van der Waals surface area contributed by atoms with E-state index in [1.165, 1.54) is 10.5 Å². The molecular formula is C24H24ClFN6O2. The van der Waals surface area contributed by atoms with Crippen molar-refractivity contribution in [2.45, 2.75) is 26.4 Å². The number of nitrogens with zero attached hydrogens (tertiary/aromatic N) is 6. The predicted octanol–water partition coefficient (Wildman–Crippen LogP) is 3.73. The first-order valence-corrected chi connectivity index (χ1v) is 11.5. The van der Waals surface area contributed by atoms with Crippen molar-refractivity contribution in [1.82, 2.24) is 24.1 Å². The lowest BCUT2D eigenvalue weighted by atomic mass is 10.1. The highest BCUT2D eigenvalue weighted by molar-refractivity contribution is 6.30. The zero-order valence-electron chi connectivity index (χ0n) is 19.1. The maximum absolute atomic E-state index is 15.0. The standard InChI is InChI=1S/C24H24ClFN6O2/c1-4-19-14(2)24(33)32-13-21(31-7-8-34-20(12-31)15-10-27-30(3)11-15)29-22(23(32)28-19)17-6-5-16(25)9-18(17)26/h5-6,9-11,13,20H,4,7-8,12H2,1-3H3/t20-/m1/s1. The second-order valence-electron chi connectivity index (χ2n) is 8.36. The maximum atomic E-state index is 15.0. The molecule has 1 atom stereocenters. The van der Waals surface area contributed by atoms with Crippen molar-refractivity contribution in [3.05, 3.63) is 74.8 Å². The third kappa shape index (κ3) is 3.95. The number of hydrogen-bond acceptors (Lipinski definition) is 6. The number of ether oxygens (including phenoxy) is 1. The summed E-state index contributed by atoms with van der Waals surface area (Å²) in [5.74, 6) is 0.0173. The smallest absolute Gasteiger partial charge is 0.261 e. The van der Waals surface area contributed by atoms with Gasteiger partial charge >= 0.3 is 0 Å². The molecule has 176 valence electrons. The van der Waals surface area contributed by atoms with Crippen molar-refractivity contribution in [2.75, 3.05) is 24.6 Å². The van der Waals surface area contributed by atoms with Gasteiger partial charge in [-0.05, 0) is 31.5 Å². The van der Waals surface area contributed by atoms with Gasteiger partial charge in [0.1, 0.15) is 23.4 Å². The van der Waals surface area contributed by atoms with Crippen LogP contribution >= 0.6 is 11.6 Å². The molecule has 1 saturated heterocycles. The zero-order valence-corrected chi connectivity index (χ0v) is 19.9.